The zero-order chi connectivity index (χ0) is 27.3. The van der Waals surface area contributed by atoms with E-state index < -0.39 is 18.9 Å². The second-order valence-electron chi connectivity index (χ2n) is 8.39. The molecule has 196 valence electrons. The van der Waals surface area contributed by atoms with Crippen molar-refractivity contribution in [1.82, 2.24) is 9.97 Å². The molecular weight excluding hydrogens is 501 g/mol. The van der Waals surface area contributed by atoms with Crippen molar-refractivity contribution < 1.29 is 37.3 Å². The highest BCUT2D eigenvalue weighted by Gasteiger charge is 2.31. The van der Waals surface area contributed by atoms with E-state index in [0.29, 0.717) is 39.8 Å². The third-order valence-corrected chi connectivity index (χ3v) is 5.37. The maximum Gasteiger partial charge on any atom is 0.573 e. The first kappa shape index (κ1) is 26.5. The Bertz CT molecular complexity index is 1420. The van der Waals surface area contributed by atoms with Crippen molar-refractivity contribution in [2.75, 3.05) is 6.61 Å². The van der Waals surface area contributed by atoms with Crippen molar-refractivity contribution >= 4 is 5.97 Å². The summed E-state index contributed by atoms with van der Waals surface area (Å²) in [5, 5.41) is 8.80. The lowest BCUT2D eigenvalue weighted by Gasteiger charge is -2.13. The van der Waals surface area contributed by atoms with Crippen LogP contribution in [0.15, 0.2) is 72.8 Å². The normalized spacial score (nSPS) is 11.2. The first-order chi connectivity index (χ1) is 18.1. The highest BCUT2D eigenvalue weighted by atomic mass is 19.4. The monoisotopic (exact) mass is 524 g/mol. The Balaban J connectivity index is 1.60. The number of carboxylic acid groups (broad SMARTS) is 1. The van der Waals surface area contributed by atoms with Gasteiger partial charge in [-0.3, -0.25) is 0 Å². The number of carbonyl (C=O) groups is 1. The van der Waals surface area contributed by atoms with Crippen LogP contribution < -0.4 is 14.2 Å². The number of alkyl halides is 3. The van der Waals surface area contributed by atoms with E-state index >= 15 is 0 Å². The van der Waals surface area contributed by atoms with Crippen molar-refractivity contribution in [3.05, 3.63) is 89.7 Å². The molecule has 0 spiro atoms. The molecule has 38 heavy (non-hydrogen) atoms. The van der Waals surface area contributed by atoms with Crippen LogP contribution in [0.3, 0.4) is 0 Å². The third-order valence-electron chi connectivity index (χ3n) is 5.37. The fourth-order valence-electron chi connectivity index (χ4n) is 3.57. The average Bonchev–Trinajstić information content (AvgIpc) is 2.86. The Morgan fingerprint density at radius 2 is 1.39 bits per heavy atom. The minimum Gasteiger partial charge on any atom is -0.486 e. The summed E-state index contributed by atoms with van der Waals surface area (Å²) in [4.78, 5) is 19.9. The van der Waals surface area contributed by atoms with Gasteiger partial charge in [-0.15, -0.1) is 13.2 Å². The minimum absolute atomic E-state index is 0.0107. The first-order valence-electron chi connectivity index (χ1n) is 11.4. The molecule has 0 atom stereocenters. The fourth-order valence-corrected chi connectivity index (χ4v) is 3.57. The molecule has 4 rings (SSSR count). The number of benzene rings is 3. The molecule has 0 saturated heterocycles. The number of hydrogen-bond donors (Lipinski definition) is 1. The summed E-state index contributed by atoms with van der Waals surface area (Å²) in [6.45, 7) is 3.30. The number of aryl methyl sites for hydroxylation is 2. The van der Waals surface area contributed by atoms with E-state index in [1.807, 2.05) is 31.2 Å². The first-order valence-corrected chi connectivity index (χ1v) is 11.4. The van der Waals surface area contributed by atoms with Crippen LogP contribution in [0.1, 0.15) is 17.0 Å². The van der Waals surface area contributed by atoms with Gasteiger partial charge in [-0.05, 0) is 67.9 Å². The molecule has 1 heterocycles. The quantitative estimate of drug-likeness (QED) is 0.272. The molecule has 0 aliphatic heterocycles. The molecule has 0 saturated carbocycles. The van der Waals surface area contributed by atoms with Gasteiger partial charge in [0, 0.05) is 11.1 Å². The van der Waals surface area contributed by atoms with Gasteiger partial charge < -0.3 is 19.3 Å². The summed E-state index contributed by atoms with van der Waals surface area (Å²) in [5.74, 6) is -0.114. The summed E-state index contributed by atoms with van der Waals surface area (Å²) in [6.07, 6.45) is -4.78. The van der Waals surface area contributed by atoms with Crippen molar-refractivity contribution in [2.24, 2.45) is 0 Å². The SMILES string of the molecule is Cc1ccc(-c2cc(-c3ccc(OC(F)(F)F)cc3)nc(COc3ccc(OCC(=O)O)c(C)c3)n2)cc1. The largest absolute Gasteiger partial charge is 0.573 e. The molecule has 0 radical (unpaired) electrons. The van der Waals surface area contributed by atoms with E-state index in [4.69, 9.17) is 14.6 Å². The zero-order valence-electron chi connectivity index (χ0n) is 20.5. The molecule has 3 aromatic carbocycles. The van der Waals surface area contributed by atoms with E-state index in [1.54, 1.807) is 31.2 Å². The minimum atomic E-state index is -4.78. The van der Waals surface area contributed by atoms with Crippen LogP contribution in [0.25, 0.3) is 22.5 Å². The number of rotatable bonds is 9. The van der Waals surface area contributed by atoms with Crippen LogP contribution >= 0.6 is 0 Å². The van der Waals surface area contributed by atoms with Crippen LogP contribution in [-0.4, -0.2) is 34.0 Å². The molecule has 0 fully saturated rings. The maximum absolute atomic E-state index is 12.5. The number of hydrogen-bond acceptors (Lipinski definition) is 6. The Morgan fingerprint density at radius 1 is 0.816 bits per heavy atom. The van der Waals surface area contributed by atoms with E-state index in [2.05, 4.69) is 14.7 Å². The fraction of sp³-hybridized carbons (Fsp3) is 0.179. The summed E-state index contributed by atoms with van der Waals surface area (Å²) in [6, 6.07) is 19.9. The number of carboxylic acids is 1. The van der Waals surface area contributed by atoms with E-state index in [9.17, 15) is 18.0 Å². The zero-order valence-corrected chi connectivity index (χ0v) is 20.5. The molecule has 1 N–H and O–H groups in total. The number of aromatic nitrogens is 2. The number of aliphatic carboxylic acids is 1. The lowest BCUT2D eigenvalue weighted by Crippen LogP contribution is -2.16. The Kier molecular flexibility index (Phi) is 7.80. The molecule has 1 aromatic heterocycles. The standard InChI is InChI=1S/C28H23F3N2O5/c1-17-3-5-19(6-4-17)23-14-24(20-7-9-21(10-8-20)38-28(29,30)31)33-26(32-23)15-36-22-11-12-25(18(2)13-22)37-16-27(34)35/h3-14H,15-16H2,1-2H3,(H,34,35). The van der Waals surface area contributed by atoms with E-state index in [0.717, 1.165) is 11.1 Å². The van der Waals surface area contributed by atoms with Gasteiger partial charge in [0.05, 0.1) is 11.4 Å². The Hall–Kier alpha value is -4.60. The summed E-state index contributed by atoms with van der Waals surface area (Å²) >= 11 is 0. The lowest BCUT2D eigenvalue weighted by molar-refractivity contribution is -0.274. The molecule has 0 aliphatic rings. The Morgan fingerprint density at radius 3 is 1.95 bits per heavy atom. The van der Waals surface area contributed by atoms with Crippen LogP contribution in [0.5, 0.6) is 17.2 Å². The predicted octanol–water partition coefficient (Wildman–Crippen LogP) is 6.37. The van der Waals surface area contributed by atoms with Gasteiger partial charge in [-0.2, -0.15) is 0 Å². The number of ether oxygens (including phenoxy) is 3. The molecule has 7 nitrogen and oxygen atoms in total. The Labute approximate surface area is 216 Å². The second-order valence-corrected chi connectivity index (χ2v) is 8.39. The van der Waals surface area contributed by atoms with Gasteiger partial charge >= 0.3 is 12.3 Å². The smallest absolute Gasteiger partial charge is 0.486 e. The van der Waals surface area contributed by atoms with Crippen molar-refractivity contribution in [1.29, 1.82) is 0 Å². The van der Waals surface area contributed by atoms with Crippen molar-refractivity contribution in [3.63, 3.8) is 0 Å². The molecule has 0 amide bonds. The van der Waals surface area contributed by atoms with Gasteiger partial charge in [-0.25, -0.2) is 14.8 Å². The maximum atomic E-state index is 12.5. The van der Waals surface area contributed by atoms with Gasteiger partial charge in [0.25, 0.3) is 0 Å². The highest BCUT2D eigenvalue weighted by molar-refractivity contribution is 5.69. The number of halogens is 3. The number of nitrogens with zero attached hydrogens (tertiary/aromatic N) is 2. The molecule has 4 aromatic rings. The van der Waals surface area contributed by atoms with E-state index in [1.165, 1.54) is 24.3 Å². The van der Waals surface area contributed by atoms with Crippen LogP contribution in [-0.2, 0) is 11.4 Å². The summed E-state index contributed by atoms with van der Waals surface area (Å²) < 4.78 is 52.7. The average molecular weight is 524 g/mol. The molecule has 0 bridgehead atoms. The highest BCUT2D eigenvalue weighted by Crippen LogP contribution is 2.29. The van der Waals surface area contributed by atoms with E-state index in [-0.39, 0.29) is 12.4 Å². The molecular formula is C28H23F3N2O5. The van der Waals surface area contributed by atoms with Gasteiger partial charge in [0.15, 0.2) is 12.4 Å². The van der Waals surface area contributed by atoms with Crippen LogP contribution in [0, 0.1) is 13.8 Å². The lowest BCUT2D eigenvalue weighted by atomic mass is 10.1. The topological polar surface area (TPSA) is 90.8 Å². The van der Waals surface area contributed by atoms with Crippen LogP contribution in [0.2, 0.25) is 0 Å². The van der Waals surface area contributed by atoms with Gasteiger partial charge in [-0.1, -0.05) is 29.8 Å². The van der Waals surface area contributed by atoms with Gasteiger partial charge in [0.1, 0.15) is 23.9 Å². The summed E-state index contributed by atoms with van der Waals surface area (Å²) in [7, 11) is 0. The predicted molar refractivity (Wildman–Crippen MR) is 133 cm³/mol. The van der Waals surface area contributed by atoms with Crippen molar-refractivity contribution in [2.45, 2.75) is 26.8 Å². The summed E-state index contributed by atoms with van der Waals surface area (Å²) in [5.41, 5.74) is 4.32. The second kappa shape index (κ2) is 11.2. The third kappa shape index (κ3) is 7.22. The van der Waals surface area contributed by atoms with Crippen molar-refractivity contribution in [3.8, 4) is 39.8 Å². The molecule has 0 unspecified atom stereocenters. The molecule has 10 heteroatoms. The molecule has 0 aliphatic carbocycles. The van der Waals surface area contributed by atoms with Crippen LogP contribution in [0.4, 0.5) is 13.2 Å². The van der Waals surface area contributed by atoms with Gasteiger partial charge in [0.2, 0.25) is 0 Å².